The van der Waals surface area contributed by atoms with E-state index in [1.165, 1.54) is 24.3 Å². The number of nitrogens with one attached hydrogen (secondary N) is 1. The van der Waals surface area contributed by atoms with Crippen LogP contribution in [0, 0.1) is 23.5 Å². The zero-order valence-corrected chi connectivity index (χ0v) is 20.9. The first kappa shape index (κ1) is 27.1. The van der Waals surface area contributed by atoms with Gasteiger partial charge < -0.3 is 4.74 Å². The van der Waals surface area contributed by atoms with Gasteiger partial charge in [-0.25, -0.2) is 30.3 Å². The molecule has 1 aliphatic carbocycles. The zero-order valence-electron chi connectivity index (χ0n) is 18.5. The van der Waals surface area contributed by atoms with Gasteiger partial charge in [-0.3, -0.25) is 0 Å². The molecule has 1 heterocycles. The number of alkyl halides is 3. The fraction of sp³-hybridized carbons (Fsp3) is 0.455. The van der Waals surface area contributed by atoms with E-state index in [0.717, 1.165) is 12.1 Å². The number of hydrogen-bond acceptors (Lipinski definition) is 5. The average molecular weight is 574 g/mol. The van der Waals surface area contributed by atoms with Crippen LogP contribution in [-0.4, -0.2) is 41.9 Å². The van der Waals surface area contributed by atoms with E-state index < -0.39 is 84.5 Å². The van der Waals surface area contributed by atoms with Gasteiger partial charge in [0.05, 0.1) is 17.1 Å². The fourth-order valence-electron chi connectivity index (χ4n) is 5.25. The first-order valence-corrected chi connectivity index (χ1v) is 14.3. The lowest BCUT2D eigenvalue weighted by molar-refractivity contribution is -0.106. The average Bonchev–Trinajstić information content (AvgIpc) is 2.78. The molecule has 1 aliphatic heterocycles. The Labute approximate surface area is 209 Å². The second-order valence-electron chi connectivity index (χ2n) is 8.87. The van der Waals surface area contributed by atoms with Gasteiger partial charge >= 0.3 is 6.18 Å². The second-order valence-corrected chi connectivity index (χ2v) is 13.3. The van der Waals surface area contributed by atoms with Crippen molar-refractivity contribution in [2.24, 2.45) is 11.8 Å². The Kier molecular flexibility index (Phi) is 7.08. The minimum atomic E-state index is -4.98. The maximum Gasteiger partial charge on any atom is 0.404 e. The van der Waals surface area contributed by atoms with Crippen molar-refractivity contribution in [3.8, 4) is 5.75 Å². The number of ether oxygens (including phenoxy) is 1. The van der Waals surface area contributed by atoms with Crippen LogP contribution < -0.4 is 9.46 Å². The van der Waals surface area contributed by atoms with Crippen LogP contribution >= 0.6 is 11.6 Å². The highest BCUT2D eigenvalue weighted by Crippen LogP contribution is 2.58. The van der Waals surface area contributed by atoms with Gasteiger partial charge in [0.2, 0.25) is 10.0 Å². The quantitative estimate of drug-likeness (QED) is 0.511. The summed E-state index contributed by atoms with van der Waals surface area (Å²) in [6, 6.07) is 6.70. The van der Waals surface area contributed by atoms with Crippen LogP contribution in [0.25, 0.3) is 0 Å². The van der Waals surface area contributed by atoms with E-state index in [9.17, 15) is 34.4 Å². The highest BCUT2D eigenvalue weighted by atomic mass is 35.5. The lowest BCUT2D eigenvalue weighted by Gasteiger charge is -2.50. The summed E-state index contributed by atoms with van der Waals surface area (Å²) in [6.07, 6.45) is -4.73. The van der Waals surface area contributed by atoms with E-state index in [4.69, 9.17) is 16.3 Å². The monoisotopic (exact) mass is 573 g/mol. The van der Waals surface area contributed by atoms with Crippen LogP contribution in [0.2, 0.25) is 5.02 Å². The van der Waals surface area contributed by atoms with Crippen molar-refractivity contribution in [1.82, 2.24) is 4.72 Å². The second kappa shape index (κ2) is 9.41. The maximum atomic E-state index is 15.3. The first-order valence-electron chi connectivity index (χ1n) is 10.8. The minimum absolute atomic E-state index is 0.134. The van der Waals surface area contributed by atoms with Crippen molar-refractivity contribution < 1.29 is 43.5 Å². The molecular weight excluding hydrogens is 553 g/mol. The smallest absolute Gasteiger partial charge is 0.404 e. The van der Waals surface area contributed by atoms with Crippen molar-refractivity contribution in [3.05, 3.63) is 58.6 Å². The third kappa shape index (κ3) is 4.82. The maximum absolute atomic E-state index is 15.3. The number of fused-ring (bicyclic) bond motifs is 3. The Morgan fingerprint density at radius 3 is 2.31 bits per heavy atom. The van der Waals surface area contributed by atoms with Crippen molar-refractivity contribution >= 4 is 31.5 Å². The van der Waals surface area contributed by atoms with Gasteiger partial charge in [0, 0.05) is 17.5 Å². The van der Waals surface area contributed by atoms with Crippen LogP contribution in [0.5, 0.6) is 5.75 Å². The minimum Gasteiger partial charge on any atom is -0.490 e. The standard InChI is InChI=1S/C22H21ClF5NO5S2/c23-14-3-5-15(6-4-14)36(32,33)21-9-1-2-13(10-29-35(30,31)12-22(26,27)28)16(21)11-34-20-18(25)8-7-17(24)19(20)21/h3-8,13,16,29H,1-2,9-12H2/t13-,16-,21-/m0/s1. The number of rotatable bonds is 6. The Hall–Kier alpha value is -1.96. The molecule has 198 valence electrons. The topological polar surface area (TPSA) is 89.5 Å². The molecule has 6 nitrogen and oxygen atoms in total. The Balaban J connectivity index is 1.83. The van der Waals surface area contributed by atoms with Crippen LogP contribution in [0.3, 0.4) is 0 Å². The van der Waals surface area contributed by atoms with Crippen molar-refractivity contribution in [3.63, 3.8) is 0 Å². The van der Waals surface area contributed by atoms with Crippen molar-refractivity contribution in [1.29, 1.82) is 0 Å². The third-order valence-electron chi connectivity index (χ3n) is 6.70. The Bertz CT molecular complexity index is 1370. The number of halogens is 6. The summed E-state index contributed by atoms with van der Waals surface area (Å²) in [5.41, 5.74) is -0.503. The van der Waals surface area contributed by atoms with Crippen molar-refractivity contribution in [2.75, 3.05) is 18.9 Å². The lowest BCUT2D eigenvalue weighted by atomic mass is 9.67. The van der Waals surface area contributed by atoms with Gasteiger partial charge in [0.1, 0.15) is 10.6 Å². The molecule has 36 heavy (non-hydrogen) atoms. The van der Waals surface area contributed by atoms with Gasteiger partial charge in [-0.2, -0.15) is 13.2 Å². The van der Waals surface area contributed by atoms with E-state index in [0.29, 0.717) is 0 Å². The Morgan fingerprint density at radius 2 is 1.67 bits per heavy atom. The zero-order chi connectivity index (χ0) is 26.5. The van der Waals surface area contributed by atoms with Gasteiger partial charge in [-0.05, 0) is 55.2 Å². The summed E-state index contributed by atoms with van der Waals surface area (Å²) in [5.74, 6) is -6.59. The molecule has 0 saturated heterocycles. The molecule has 1 fully saturated rings. The molecule has 14 heteroatoms. The molecule has 0 aromatic heterocycles. The summed E-state index contributed by atoms with van der Waals surface area (Å²) in [5, 5.41) is 0.244. The summed E-state index contributed by atoms with van der Waals surface area (Å²) in [6.45, 7) is -0.942. The van der Waals surface area contributed by atoms with Crippen LogP contribution in [0.1, 0.15) is 24.8 Å². The van der Waals surface area contributed by atoms with E-state index >= 15 is 4.39 Å². The number of hydrogen-bond donors (Lipinski definition) is 1. The molecule has 0 spiro atoms. The predicted octanol–water partition coefficient (Wildman–Crippen LogP) is 4.58. The molecule has 0 radical (unpaired) electrons. The first-order chi connectivity index (χ1) is 16.7. The third-order valence-corrected chi connectivity index (χ3v) is 10.8. The highest BCUT2D eigenvalue weighted by Gasteiger charge is 2.61. The SMILES string of the molecule is O=S(=O)(CC(F)(F)F)NC[C@@H]1CCC[C@@]2(S(=O)(=O)c3ccc(Cl)cc3)c3c(F)ccc(F)c3OC[C@@H]12. The summed E-state index contributed by atoms with van der Waals surface area (Å²) < 4.78 is 125. The highest BCUT2D eigenvalue weighted by molar-refractivity contribution is 7.92. The molecule has 1 N–H and O–H groups in total. The number of sulfone groups is 1. The fourth-order valence-corrected chi connectivity index (χ4v) is 8.83. The predicted molar refractivity (Wildman–Crippen MR) is 121 cm³/mol. The van der Waals surface area contributed by atoms with Gasteiger partial charge in [0.15, 0.2) is 27.2 Å². The van der Waals surface area contributed by atoms with Gasteiger partial charge in [0.25, 0.3) is 0 Å². The largest absolute Gasteiger partial charge is 0.490 e. The lowest BCUT2D eigenvalue weighted by Crippen LogP contribution is -2.56. The molecule has 0 amide bonds. The van der Waals surface area contributed by atoms with E-state index in [1.807, 2.05) is 4.72 Å². The molecule has 4 rings (SSSR count). The van der Waals surface area contributed by atoms with Crippen LogP contribution in [-0.2, 0) is 24.6 Å². The molecule has 2 aromatic carbocycles. The molecule has 0 unspecified atom stereocenters. The van der Waals surface area contributed by atoms with Gasteiger partial charge in [-0.1, -0.05) is 18.0 Å². The van der Waals surface area contributed by atoms with Crippen LogP contribution in [0.15, 0.2) is 41.3 Å². The van der Waals surface area contributed by atoms with E-state index in [1.54, 1.807) is 0 Å². The number of benzene rings is 2. The summed E-state index contributed by atoms with van der Waals surface area (Å²) >= 11 is 5.89. The van der Waals surface area contributed by atoms with E-state index in [2.05, 4.69) is 0 Å². The number of sulfonamides is 1. The molecule has 1 saturated carbocycles. The molecule has 3 atom stereocenters. The van der Waals surface area contributed by atoms with Crippen molar-refractivity contribution in [2.45, 2.75) is 35.1 Å². The Morgan fingerprint density at radius 1 is 1.03 bits per heavy atom. The molecule has 2 aromatic rings. The normalized spacial score (nSPS) is 24.5. The molecule has 2 aliphatic rings. The van der Waals surface area contributed by atoms with E-state index in [-0.39, 0.29) is 29.2 Å². The van der Waals surface area contributed by atoms with Crippen LogP contribution in [0.4, 0.5) is 22.0 Å². The summed E-state index contributed by atoms with van der Waals surface area (Å²) in [4.78, 5) is -0.216. The molecule has 0 bridgehead atoms. The van der Waals surface area contributed by atoms with Gasteiger partial charge in [-0.15, -0.1) is 0 Å². The molecular formula is C22H21ClF5NO5S2. The summed E-state index contributed by atoms with van der Waals surface area (Å²) in [7, 11) is -9.25.